The Labute approximate surface area is 197 Å². The van der Waals surface area contributed by atoms with Crippen LogP contribution in [-0.4, -0.2) is 18.3 Å². The van der Waals surface area contributed by atoms with Gasteiger partial charge in [-0.25, -0.2) is 0 Å². The maximum absolute atomic E-state index is 6.27. The third-order valence-corrected chi connectivity index (χ3v) is 6.91. The molecule has 0 N–H and O–H groups in total. The smallest absolute Gasteiger partial charge is 0.399 e. The van der Waals surface area contributed by atoms with Gasteiger partial charge in [-0.3, -0.25) is 0 Å². The Kier molecular flexibility index (Phi) is 5.48. The third-order valence-electron chi connectivity index (χ3n) is 6.91. The van der Waals surface area contributed by atoms with Gasteiger partial charge in [0.2, 0.25) is 0 Å². The minimum atomic E-state index is -0.360. The summed E-state index contributed by atoms with van der Waals surface area (Å²) in [7, 11) is -0.360. The number of hydrogen-bond acceptors (Lipinski definition) is 2. The lowest BCUT2D eigenvalue weighted by Gasteiger charge is -2.32. The van der Waals surface area contributed by atoms with Gasteiger partial charge in [0, 0.05) is 0 Å². The molecule has 5 rings (SSSR count). The predicted octanol–water partition coefficient (Wildman–Crippen LogP) is 6.99. The molecule has 164 valence electrons. The first kappa shape index (κ1) is 21.7. The number of benzene rings is 4. The van der Waals surface area contributed by atoms with E-state index in [0.29, 0.717) is 0 Å². The van der Waals surface area contributed by atoms with Crippen molar-refractivity contribution in [1.29, 1.82) is 0 Å². The first-order valence-electron chi connectivity index (χ1n) is 11.5. The van der Waals surface area contributed by atoms with E-state index in [0.717, 1.165) is 11.0 Å². The second-order valence-corrected chi connectivity index (χ2v) is 9.74. The largest absolute Gasteiger partial charge is 0.494 e. The van der Waals surface area contributed by atoms with E-state index in [4.69, 9.17) is 9.31 Å². The molecule has 0 unspecified atom stereocenters. The molecule has 4 aromatic carbocycles. The van der Waals surface area contributed by atoms with Gasteiger partial charge in [0.1, 0.15) is 0 Å². The van der Waals surface area contributed by atoms with Crippen LogP contribution in [0.1, 0.15) is 27.7 Å². The molecule has 1 aliphatic rings. The Morgan fingerprint density at radius 1 is 0.455 bits per heavy atom. The summed E-state index contributed by atoms with van der Waals surface area (Å²) in [5, 5.41) is 0. The Bertz CT molecular complexity index is 1260. The van der Waals surface area contributed by atoms with Crippen LogP contribution in [0.5, 0.6) is 0 Å². The molecule has 33 heavy (non-hydrogen) atoms. The average molecular weight is 432 g/mol. The molecular formula is C30H29BO2. The van der Waals surface area contributed by atoms with Gasteiger partial charge >= 0.3 is 7.12 Å². The highest BCUT2D eigenvalue weighted by Crippen LogP contribution is 2.37. The lowest BCUT2D eigenvalue weighted by atomic mass is 9.78. The molecule has 0 aliphatic carbocycles. The summed E-state index contributed by atoms with van der Waals surface area (Å²) in [5.41, 5.74) is 7.54. The Morgan fingerprint density at radius 2 is 0.848 bits per heavy atom. The average Bonchev–Trinajstić information content (AvgIpc) is 3.07. The topological polar surface area (TPSA) is 18.5 Å². The molecule has 0 atom stereocenters. The van der Waals surface area contributed by atoms with Crippen LogP contribution in [-0.2, 0) is 9.31 Å². The Balaban J connectivity index is 1.46. The molecule has 2 nitrogen and oxygen atoms in total. The van der Waals surface area contributed by atoms with Crippen LogP contribution in [0.25, 0.3) is 33.4 Å². The van der Waals surface area contributed by atoms with Gasteiger partial charge in [0.05, 0.1) is 11.2 Å². The fourth-order valence-corrected chi connectivity index (χ4v) is 4.23. The normalized spacial score (nSPS) is 16.7. The molecule has 0 bridgehead atoms. The van der Waals surface area contributed by atoms with Crippen LogP contribution in [0.2, 0.25) is 0 Å². The maximum Gasteiger partial charge on any atom is 0.494 e. The van der Waals surface area contributed by atoms with Crippen molar-refractivity contribution in [3.63, 3.8) is 0 Å². The van der Waals surface area contributed by atoms with Crippen molar-refractivity contribution in [2.24, 2.45) is 0 Å². The van der Waals surface area contributed by atoms with E-state index in [9.17, 15) is 0 Å². The van der Waals surface area contributed by atoms with Crippen molar-refractivity contribution in [3.8, 4) is 33.4 Å². The molecule has 1 aliphatic heterocycles. The Morgan fingerprint density at radius 3 is 1.36 bits per heavy atom. The summed E-state index contributed by atoms with van der Waals surface area (Å²) in [4.78, 5) is 0. The summed E-state index contributed by atoms with van der Waals surface area (Å²) < 4.78 is 12.5. The van der Waals surface area contributed by atoms with Crippen molar-refractivity contribution >= 4 is 12.6 Å². The fourth-order valence-electron chi connectivity index (χ4n) is 4.23. The number of rotatable bonds is 4. The van der Waals surface area contributed by atoms with Crippen molar-refractivity contribution in [2.45, 2.75) is 38.9 Å². The minimum Gasteiger partial charge on any atom is -0.399 e. The van der Waals surface area contributed by atoms with E-state index in [1.165, 1.54) is 27.8 Å². The highest BCUT2D eigenvalue weighted by atomic mass is 16.7. The van der Waals surface area contributed by atoms with E-state index in [1.54, 1.807) is 0 Å². The predicted molar refractivity (Wildman–Crippen MR) is 138 cm³/mol. The third kappa shape index (κ3) is 4.27. The highest BCUT2D eigenvalue weighted by molar-refractivity contribution is 6.62. The van der Waals surface area contributed by atoms with Crippen molar-refractivity contribution in [3.05, 3.63) is 103 Å². The SMILES string of the molecule is CC1(C)OB(c2cccc(-c3cccc(-c4cccc(-c5ccccc5)c4)c3)c2)OC1(C)C. The Hall–Kier alpha value is -3.14. The van der Waals surface area contributed by atoms with Gasteiger partial charge in [-0.15, -0.1) is 0 Å². The van der Waals surface area contributed by atoms with E-state index < -0.39 is 0 Å². The zero-order valence-electron chi connectivity index (χ0n) is 19.7. The van der Waals surface area contributed by atoms with Crippen LogP contribution in [0.3, 0.4) is 0 Å². The van der Waals surface area contributed by atoms with Gasteiger partial charge in [0.15, 0.2) is 0 Å². The fraction of sp³-hybridized carbons (Fsp3) is 0.200. The van der Waals surface area contributed by atoms with Gasteiger partial charge in [0.25, 0.3) is 0 Å². The summed E-state index contributed by atoms with van der Waals surface area (Å²) in [6.45, 7) is 8.35. The van der Waals surface area contributed by atoms with Gasteiger partial charge in [-0.05, 0) is 78.7 Å². The van der Waals surface area contributed by atoms with Gasteiger partial charge in [-0.2, -0.15) is 0 Å². The number of hydrogen-bond donors (Lipinski definition) is 0. The zero-order chi connectivity index (χ0) is 23.1. The van der Waals surface area contributed by atoms with Crippen LogP contribution in [0, 0.1) is 0 Å². The van der Waals surface area contributed by atoms with E-state index >= 15 is 0 Å². The van der Waals surface area contributed by atoms with Gasteiger partial charge < -0.3 is 9.31 Å². The molecule has 0 amide bonds. The molecule has 3 heteroatoms. The second-order valence-electron chi connectivity index (χ2n) is 9.74. The molecule has 4 aromatic rings. The molecule has 0 spiro atoms. The molecular weight excluding hydrogens is 403 g/mol. The molecule has 0 aromatic heterocycles. The lowest BCUT2D eigenvalue weighted by molar-refractivity contribution is 0.00578. The summed E-state index contributed by atoms with van der Waals surface area (Å²) in [5.74, 6) is 0. The van der Waals surface area contributed by atoms with E-state index in [2.05, 4.69) is 131 Å². The van der Waals surface area contributed by atoms with Crippen LogP contribution in [0.15, 0.2) is 103 Å². The molecule has 0 radical (unpaired) electrons. The molecule has 1 saturated heterocycles. The monoisotopic (exact) mass is 432 g/mol. The first-order chi connectivity index (χ1) is 15.8. The molecule has 1 heterocycles. The van der Waals surface area contributed by atoms with Crippen LogP contribution >= 0.6 is 0 Å². The first-order valence-corrected chi connectivity index (χ1v) is 11.5. The second kappa shape index (κ2) is 8.33. The van der Waals surface area contributed by atoms with Crippen LogP contribution in [0.4, 0.5) is 0 Å². The van der Waals surface area contributed by atoms with Crippen molar-refractivity contribution in [1.82, 2.24) is 0 Å². The highest BCUT2D eigenvalue weighted by Gasteiger charge is 2.51. The van der Waals surface area contributed by atoms with Crippen LogP contribution < -0.4 is 5.46 Å². The van der Waals surface area contributed by atoms with E-state index in [-0.39, 0.29) is 18.3 Å². The minimum absolute atomic E-state index is 0.350. The van der Waals surface area contributed by atoms with E-state index in [1.807, 2.05) is 0 Å². The van der Waals surface area contributed by atoms with Crippen molar-refractivity contribution in [2.75, 3.05) is 0 Å². The quantitative estimate of drug-likeness (QED) is 0.324. The molecule has 0 saturated carbocycles. The zero-order valence-corrected chi connectivity index (χ0v) is 19.7. The summed E-state index contributed by atoms with van der Waals surface area (Å²) in [6, 6.07) is 36.4. The summed E-state index contributed by atoms with van der Waals surface area (Å²) in [6.07, 6.45) is 0. The maximum atomic E-state index is 6.27. The molecule has 1 fully saturated rings. The van der Waals surface area contributed by atoms with Gasteiger partial charge in [-0.1, -0.05) is 91.0 Å². The lowest BCUT2D eigenvalue weighted by Crippen LogP contribution is -2.41. The van der Waals surface area contributed by atoms with Crippen molar-refractivity contribution < 1.29 is 9.31 Å². The summed E-state index contributed by atoms with van der Waals surface area (Å²) >= 11 is 0. The standard InChI is InChI=1S/C30H29BO2/c1-29(2)30(3,4)33-31(32-29)28-18-10-17-27(21-28)26-16-9-15-25(20-26)24-14-8-13-23(19-24)22-11-6-5-7-12-22/h5-21H,1-4H3.